The minimum Gasteiger partial charge on any atom is -0.352 e. The number of rotatable bonds is 2. The van der Waals surface area contributed by atoms with Gasteiger partial charge in [0.15, 0.2) is 5.82 Å². The Hall–Kier alpha value is -2.46. The Bertz CT molecular complexity index is 762. The van der Waals surface area contributed by atoms with Gasteiger partial charge in [-0.15, -0.1) is 0 Å². The molecule has 0 N–H and O–H groups in total. The van der Waals surface area contributed by atoms with Crippen LogP contribution in [0.4, 0.5) is 5.82 Å². The van der Waals surface area contributed by atoms with Crippen molar-refractivity contribution in [3.63, 3.8) is 0 Å². The fraction of sp³-hybridized carbons (Fsp3) is 0.500. The fourth-order valence-electron chi connectivity index (χ4n) is 2.97. The Morgan fingerprint density at radius 1 is 1.26 bits per heavy atom. The first-order valence-electron chi connectivity index (χ1n) is 7.63. The topological polar surface area (TPSA) is 82.1 Å². The second kappa shape index (κ2) is 5.97. The van der Waals surface area contributed by atoms with Gasteiger partial charge in [-0.3, -0.25) is 4.90 Å². The van der Waals surface area contributed by atoms with E-state index in [2.05, 4.69) is 31.0 Å². The maximum atomic E-state index is 9.49. The highest BCUT2D eigenvalue weighted by atomic mass is 16.5. The highest BCUT2D eigenvalue weighted by Crippen LogP contribution is 2.28. The van der Waals surface area contributed by atoms with Crippen molar-refractivity contribution < 1.29 is 4.52 Å². The van der Waals surface area contributed by atoms with Gasteiger partial charge in [0, 0.05) is 25.3 Å². The Morgan fingerprint density at radius 2 is 2.04 bits per heavy atom. The van der Waals surface area contributed by atoms with Crippen molar-refractivity contribution in [2.75, 3.05) is 31.6 Å². The first kappa shape index (κ1) is 15.4. The van der Waals surface area contributed by atoms with Crippen LogP contribution in [0.2, 0.25) is 0 Å². The molecule has 3 heterocycles. The summed E-state index contributed by atoms with van der Waals surface area (Å²) in [5.41, 5.74) is 2.51. The van der Waals surface area contributed by atoms with Gasteiger partial charge in [-0.25, -0.2) is 4.98 Å². The van der Waals surface area contributed by atoms with Gasteiger partial charge >= 0.3 is 0 Å². The first-order chi connectivity index (χ1) is 11.0. The number of aromatic nitrogens is 3. The third-order valence-corrected chi connectivity index (χ3v) is 4.21. The van der Waals surface area contributed by atoms with Gasteiger partial charge in [-0.2, -0.15) is 10.2 Å². The standard InChI is InChI=1S/C16H20N6O/c1-10-7-11(2)18-15(13(10)8-17)22-6-5-21(4)14(9-22)16-19-12(3)20-23-16/h7,14H,5-6,9H2,1-4H3/t14-/m0/s1. The van der Waals surface area contributed by atoms with Crippen LogP contribution in [0.3, 0.4) is 0 Å². The molecule has 0 radical (unpaired) electrons. The van der Waals surface area contributed by atoms with E-state index in [1.807, 2.05) is 33.9 Å². The van der Waals surface area contributed by atoms with E-state index in [1.165, 1.54) is 0 Å². The summed E-state index contributed by atoms with van der Waals surface area (Å²) < 4.78 is 5.35. The van der Waals surface area contributed by atoms with Crippen LogP contribution < -0.4 is 4.90 Å². The predicted molar refractivity (Wildman–Crippen MR) is 85.0 cm³/mol. The third kappa shape index (κ3) is 2.90. The molecule has 1 fully saturated rings. The molecule has 7 nitrogen and oxygen atoms in total. The molecular formula is C16H20N6O. The van der Waals surface area contributed by atoms with E-state index in [0.29, 0.717) is 23.8 Å². The Morgan fingerprint density at radius 3 is 2.70 bits per heavy atom. The van der Waals surface area contributed by atoms with Crippen molar-refractivity contribution in [1.82, 2.24) is 20.0 Å². The van der Waals surface area contributed by atoms with Crippen LogP contribution in [0.25, 0.3) is 0 Å². The molecular weight excluding hydrogens is 292 g/mol. The number of anilines is 1. The van der Waals surface area contributed by atoms with Gasteiger partial charge in [0.1, 0.15) is 17.9 Å². The summed E-state index contributed by atoms with van der Waals surface area (Å²) in [7, 11) is 2.04. The monoisotopic (exact) mass is 312 g/mol. The lowest BCUT2D eigenvalue weighted by molar-refractivity contribution is 0.177. The molecule has 1 aliphatic rings. The smallest absolute Gasteiger partial charge is 0.245 e. The van der Waals surface area contributed by atoms with Crippen LogP contribution in [0.15, 0.2) is 10.6 Å². The number of nitriles is 1. The highest BCUT2D eigenvalue weighted by Gasteiger charge is 2.31. The number of piperazine rings is 1. The van der Waals surface area contributed by atoms with Crippen molar-refractivity contribution in [2.45, 2.75) is 26.8 Å². The average molecular weight is 312 g/mol. The molecule has 1 aliphatic heterocycles. The molecule has 1 saturated heterocycles. The van der Waals surface area contributed by atoms with Crippen LogP contribution in [0.5, 0.6) is 0 Å². The van der Waals surface area contributed by atoms with E-state index in [-0.39, 0.29) is 6.04 Å². The SMILES string of the molecule is Cc1cc(C)c(C#N)c(N2CCN(C)[C@H](c3nc(C)no3)C2)n1. The van der Waals surface area contributed by atoms with E-state index < -0.39 is 0 Å². The first-order valence-corrected chi connectivity index (χ1v) is 7.63. The molecule has 23 heavy (non-hydrogen) atoms. The highest BCUT2D eigenvalue weighted by molar-refractivity contribution is 5.58. The van der Waals surface area contributed by atoms with Gasteiger partial charge in [0.05, 0.1) is 5.56 Å². The molecule has 1 atom stereocenters. The minimum atomic E-state index is -0.000823. The molecule has 7 heteroatoms. The minimum absolute atomic E-state index is 0.000823. The molecule has 0 amide bonds. The summed E-state index contributed by atoms with van der Waals surface area (Å²) in [6.07, 6.45) is 0. The Balaban J connectivity index is 1.94. The normalized spacial score (nSPS) is 18.9. The van der Waals surface area contributed by atoms with Crippen LogP contribution >= 0.6 is 0 Å². The van der Waals surface area contributed by atoms with E-state index in [9.17, 15) is 5.26 Å². The number of hydrogen-bond donors (Lipinski definition) is 0. The molecule has 3 rings (SSSR count). The van der Waals surface area contributed by atoms with Gasteiger partial charge in [0.25, 0.3) is 0 Å². The number of aryl methyl sites for hydroxylation is 3. The van der Waals surface area contributed by atoms with Crippen LogP contribution in [0, 0.1) is 32.1 Å². The summed E-state index contributed by atoms with van der Waals surface area (Å²) in [6, 6.07) is 4.23. The van der Waals surface area contributed by atoms with Crippen LogP contribution in [-0.4, -0.2) is 46.7 Å². The lowest BCUT2D eigenvalue weighted by Gasteiger charge is -2.38. The van der Waals surface area contributed by atoms with Crippen LogP contribution in [0.1, 0.15) is 34.6 Å². The molecule has 0 spiro atoms. The maximum Gasteiger partial charge on any atom is 0.245 e. The lowest BCUT2D eigenvalue weighted by atomic mass is 10.1. The molecule has 2 aromatic heterocycles. The molecule has 2 aromatic rings. The van der Waals surface area contributed by atoms with Crippen molar-refractivity contribution in [3.8, 4) is 6.07 Å². The number of pyridine rings is 1. The Kier molecular flexibility index (Phi) is 4.01. The summed E-state index contributed by atoms with van der Waals surface area (Å²) >= 11 is 0. The number of likely N-dealkylation sites (N-methyl/N-ethyl adjacent to an activating group) is 1. The van der Waals surface area contributed by atoms with E-state index in [0.717, 1.165) is 30.2 Å². The fourth-order valence-corrected chi connectivity index (χ4v) is 2.97. The second-order valence-corrected chi connectivity index (χ2v) is 6.01. The Labute approximate surface area is 135 Å². The number of nitrogens with zero attached hydrogens (tertiary/aromatic N) is 6. The van der Waals surface area contributed by atoms with E-state index in [4.69, 9.17) is 4.52 Å². The van der Waals surface area contributed by atoms with Crippen LogP contribution in [-0.2, 0) is 0 Å². The molecule has 0 aromatic carbocycles. The summed E-state index contributed by atoms with van der Waals surface area (Å²) in [5.74, 6) is 1.99. The van der Waals surface area contributed by atoms with Crippen molar-refractivity contribution in [3.05, 3.63) is 34.6 Å². The summed E-state index contributed by atoms with van der Waals surface area (Å²) in [5, 5.41) is 13.4. The third-order valence-electron chi connectivity index (χ3n) is 4.21. The predicted octanol–water partition coefficient (Wildman–Crippen LogP) is 1.75. The average Bonchev–Trinajstić information content (AvgIpc) is 2.93. The summed E-state index contributed by atoms with van der Waals surface area (Å²) in [4.78, 5) is 13.3. The van der Waals surface area contributed by atoms with Gasteiger partial charge in [-0.05, 0) is 39.4 Å². The van der Waals surface area contributed by atoms with Gasteiger partial charge < -0.3 is 9.42 Å². The lowest BCUT2D eigenvalue weighted by Crippen LogP contribution is -2.47. The zero-order chi connectivity index (χ0) is 16.6. The van der Waals surface area contributed by atoms with Gasteiger partial charge in [-0.1, -0.05) is 5.16 Å². The largest absolute Gasteiger partial charge is 0.352 e. The maximum absolute atomic E-state index is 9.49. The molecule has 120 valence electrons. The summed E-state index contributed by atoms with van der Waals surface area (Å²) in [6.45, 7) is 8.03. The molecule has 0 bridgehead atoms. The van der Waals surface area contributed by atoms with Crippen molar-refractivity contribution >= 4 is 5.82 Å². The van der Waals surface area contributed by atoms with E-state index in [1.54, 1.807) is 0 Å². The number of hydrogen-bond acceptors (Lipinski definition) is 7. The molecule has 0 saturated carbocycles. The van der Waals surface area contributed by atoms with Crippen molar-refractivity contribution in [1.29, 1.82) is 5.26 Å². The van der Waals surface area contributed by atoms with Gasteiger partial charge in [0.2, 0.25) is 5.89 Å². The van der Waals surface area contributed by atoms with Crippen molar-refractivity contribution in [2.24, 2.45) is 0 Å². The molecule has 0 unspecified atom stereocenters. The second-order valence-electron chi connectivity index (χ2n) is 6.01. The zero-order valence-electron chi connectivity index (χ0n) is 13.9. The molecule has 0 aliphatic carbocycles. The quantitative estimate of drug-likeness (QED) is 0.835. The zero-order valence-corrected chi connectivity index (χ0v) is 13.9. The van der Waals surface area contributed by atoms with E-state index >= 15 is 0 Å².